The van der Waals surface area contributed by atoms with Gasteiger partial charge in [0.05, 0.1) is 17.3 Å². The Morgan fingerprint density at radius 2 is 1.83 bits per heavy atom. The van der Waals surface area contributed by atoms with E-state index in [4.69, 9.17) is 9.72 Å². The van der Waals surface area contributed by atoms with Crippen molar-refractivity contribution in [1.29, 1.82) is 0 Å². The van der Waals surface area contributed by atoms with E-state index in [1.54, 1.807) is 11.3 Å². The van der Waals surface area contributed by atoms with E-state index < -0.39 is 0 Å². The van der Waals surface area contributed by atoms with Crippen molar-refractivity contribution < 1.29 is 4.74 Å². The SMILES string of the molecule is CCOc1cc(N(CC)CC)ccc1-c1csc(C(C)(C)C)n1. The van der Waals surface area contributed by atoms with Gasteiger partial charge in [0.2, 0.25) is 0 Å². The summed E-state index contributed by atoms with van der Waals surface area (Å²) in [4.78, 5) is 7.16. The first-order valence-corrected chi connectivity index (χ1v) is 9.26. The van der Waals surface area contributed by atoms with Crippen LogP contribution in [0.25, 0.3) is 11.3 Å². The maximum Gasteiger partial charge on any atom is 0.130 e. The summed E-state index contributed by atoms with van der Waals surface area (Å²) in [6.45, 7) is 15.6. The molecule has 0 fully saturated rings. The van der Waals surface area contributed by atoms with Gasteiger partial charge in [0.25, 0.3) is 0 Å². The van der Waals surface area contributed by atoms with Gasteiger partial charge in [-0.2, -0.15) is 0 Å². The number of ether oxygens (including phenoxy) is 1. The van der Waals surface area contributed by atoms with E-state index in [9.17, 15) is 0 Å². The van der Waals surface area contributed by atoms with Crippen LogP contribution >= 0.6 is 11.3 Å². The Hall–Kier alpha value is -1.55. The molecule has 0 N–H and O–H groups in total. The van der Waals surface area contributed by atoms with Gasteiger partial charge < -0.3 is 9.64 Å². The van der Waals surface area contributed by atoms with Gasteiger partial charge >= 0.3 is 0 Å². The summed E-state index contributed by atoms with van der Waals surface area (Å²) >= 11 is 1.72. The van der Waals surface area contributed by atoms with E-state index in [1.165, 1.54) is 5.69 Å². The van der Waals surface area contributed by atoms with Crippen molar-refractivity contribution in [1.82, 2.24) is 4.98 Å². The van der Waals surface area contributed by atoms with Crippen molar-refractivity contribution in [2.75, 3.05) is 24.6 Å². The smallest absolute Gasteiger partial charge is 0.130 e. The second kappa shape index (κ2) is 7.35. The Bertz CT molecular complexity index is 639. The van der Waals surface area contributed by atoms with Crippen LogP contribution < -0.4 is 9.64 Å². The fourth-order valence-corrected chi connectivity index (χ4v) is 3.43. The first kappa shape index (κ1) is 17.8. The number of nitrogens with zero attached hydrogens (tertiary/aromatic N) is 2. The molecule has 0 saturated carbocycles. The molecule has 2 rings (SSSR count). The molecule has 0 radical (unpaired) electrons. The molecule has 1 aromatic carbocycles. The maximum atomic E-state index is 5.90. The molecule has 0 spiro atoms. The van der Waals surface area contributed by atoms with Crippen LogP contribution in [-0.2, 0) is 5.41 Å². The molecule has 1 aromatic heterocycles. The van der Waals surface area contributed by atoms with Crippen LogP contribution in [0, 0.1) is 0 Å². The average molecular weight is 333 g/mol. The predicted octanol–water partition coefficient (Wildman–Crippen LogP) is 5.35. The quantitative estimate of drug-likeness (QED) is 0.713. The molecule has 0 saturated heterocycles. The minimum Gasteiger partial charge on any atom is -0.493 e. The lowest BCUT2D eigenvalue weighted by atomic mass is 9.98. The van der Waals surface area contributed by atoms with Crippen LogP contribution in [0.1, 0.15) is 46.6 Å². The molecule has 126 valence electrons. The zero-order chi connectivity index (χ0) is 17.0. The zero-order valence-electron chi connectivity index (χ0n) is 15.1. The third-order valence-corrected chi connectivity index (χ3v) is 5.08. The van der Waals surface area contributed by atoms with Gasteiger partial charge in [0.1, 0.15) is 5.75 Å². The van der Waals surface area contributed by atoms with Crippen LogP contribution in [0.4, 0.5) is 5.69 Å². The van der Waals surface area contributed by atoms with Gasteiger partial charge in [0.15, 0.2) is 0 Å². The highest BCUT2D eigenvalue weighted by molar-refractivity contribution is 7.10. The Balaban J connectivity index is 2.43. The fourth-order valence-electron chi connectivity index (χ4n) is 2.52. The van der Waals surface area contributed by atoms with Crippen LogP contribution in [0.3, 0.4) is 0 Å². The van der Waals surface area contributed by atoms with E-state index in [-0.39, 0.29) is 5.41 Å². The molecule has 4 heteroatoms. The van der Waals surface area contributed by atoms with Gasteiger partial charge in [0, 0.05) is 41.2 Å². The molecule has 23 heavy (non-hydrogen) atoms. The van der Waals surface area contributed by atoms with Crippen LogP contribution in [0.15, 0.2) is 23.6 Å². The summed E-state index contributed by atoms with van der Waals surface area (Å²) in [5, 5.41) is 3.29. The first-order chi connectivity index (χ1) is 10.9. The van der Waals surface area contributed by atoms with E-state index in [0.717, 1.165) is 35.1 Å². The number of thiazole rings is 1. The highest BCUT2D eigenvalue weighted by Gasteiger charge is 2.20. The Kier molecular flexibility index (Phi) is 5.69. The van der Waals surface area contributed by atoms with E-state index in [2.05, 4.69) is 63.1 Å². The molecular weight excluding hydrogens is 304 g/mol. The van der Waals surface area contributed by atoms with Crippen molar-refractivity contribution in [3.8, 4) is 17.0 Å². The number of aromatic nitrogens is 1. The number of benzene rings is 1. The van der Waals surface area contributed by atoms with Gasteiger partial charge in [-0.25, -0.2) is 4.98 Å². The standard InChI is InChI=1S/C19H28N2OS/c1-7-21(8-2)14-10-11-15(17(12-14)22-9-3)16-13-23-18(20-16)19(4,5)6/h10-13H,7-9H2,1-6H3. The lowest BCUT2D eigenvalue weighted by molar-refractivity contribution is 0.341. The van der Waals surface area contributed by atoms with E-state index in [1.807, 2.05) is 6.92 Å². The third-order valence-electron chi connectivity index (χ3n) is 3.82. The van der Waals surface area contributed by atoms with Crippen molar-refractivity contribution in [3.63, 3.8) is 0 Å². The second-order valence-electron chi connectivity index (χ2n) is 6.57. The number of rotatable bonds is 6. The lowest BCUT2D eigenvalue weighted by Crippen LogP contribution is -2.21. The van der Waals surface area contributed by atoms with E-state index in [0.29, 0.717) is 6.61 Å². The van der Waals surface area contributed by atoms with Crippen molar-refractivity contribution in [2.24, 2.45) is 0 Å². The molecule has 0 atom stereocenters. The second-order valence-corrected chi connectivity index (χ2v) is 7.43. The van der Waals surface area contributed by atoms with Crippen LogP contribution in [0.2, 0.25) is 0 Å². The van der Waals surface area contributed by atoms with Crippen molar-refractivity contribution in [3.05, 3.63) is 28.6 Å². The lowest BCUT2D eigenvalue weighted by Gasteiger charge is -2.22. The van der Waals surface area contributed by atoms with Gasteiger partial charge in [-0.15, -0.1) is 11.3 Å². The van der Waals surface area contributed by atoms with Crippen LogP contribution in [-0.4, -0.2) is 24.7 Å². The molecule has 1 heterocycles. The first-order valence-electron chi connectivity index (χ1n) is 8.38. The summed E-state index contributed by atoms with van der Waals surface area (Å²) < 4.78 is 5.90. The average Bonchev–Trinajstić information content (AvgIpc) is 2.99. The maximum absolute atomic E-state index is 5.90. The summed E-state index contributed by atoms with van der Waals surface area (Å²) in [6, 6.07) is 6.45. The highest BCUT2D eigenvalue weighted by atomic mass is 32.1. The molecule has 0 amide bonds. The Labute approximate surface area is 144 Å². The van der Waals surface area contributed by atoms with Gasteiger partial charge in [-0.1, -0.05) is 20.8 Å². The zero-order valence-corrected chi connectivity index (χ0v) is 16.0. The molecule has 0 aliphatic carbocycles. The highest BCUT2D eigenvalue weighted by Crippen LogP contribution is 2.36. The summed E-state index contributed by atoms with van der Waals surface area (Å²) in [5.41, 5.74) is 3.37. The summed E-state index contributed by atoms with van der Waals surface area (Å²) in [7, 11) is 0. The summed E-state index contributed by atoms with van der Waals surface area (Å²) in [6.07, 6.45) is 0. The van der Waals surface area contributed by atoms with E-state index >= 15 is 0 Å². The predicted molar refractivity (Wildman–Crippen MR) is 101 cm³/mol. The van der Waals surface area contributed by atoms with Crippen molar-refractivity contribution in [2.45, 2.75) is 47.0 Å². The van der Waals surface area contributed by atoms with Crippen molar-refractivity contribution >= 4 is 17.0 Å². The fraction of sp³-hybridized carbons (Fsp3) is 0.526. The molecule has 2 aromatic rings. The minimum atomic E-state index is 0.0792. The third kappa shape index (κ3) is 4.05. The van der Waals surface area contributed by atoms with Crippen LogP contribution in [0.5, 0.6) is 5.75 Å². The van der Waals surface area contributed by atoms with Gasteiger partial charge in [-0.3, -0.25) is 0 Å². The monoisotopic (exact) mass is 332 g/mol. The molecule has 3 nitrogen and oxygen atoms in total. The number of hydrogen-bond acceptors (Lipinski definition) is 4. The Morgan fingerprint density at radius 1 is 1.13 bits per heavy atom. The van der Waals surface area contributed by atoms with Gasteiger partial charge in [-0.05, 0) is 32.9 Å². The molecule has 0 unspecified atom stereocenters. The Morgan fingerprint density at radius 3 is 2.35 bits per heavy atom. The molecule has 0 bridgehead atoms. The molecule has 0 aliphatic heterocycles. The topological polar surface area (TPSA) is 25.4 Å². The number of anilines is 1. The molecular formula is C19H28N2OS. The minimum absolute atomic E-state index is 0.0792. The molecule has 0 aliphatic rings. The largest absolute Gasteiger partial charge is 0.493 e. The summed E-state index contributed by atoms with van der Waals surface area (Å²) in [5.74, 6) is 0.919. The number of hydrogen-bond donors (Lipinski definition) is 0. The normalized spacial score (nSPS) is 11.6.